The van der Waals surface area contributed by atoms with Crippen LogP contribution in [0.4, 0.5) is 5.82 Å². The predicted molar refractivity (Wildman–Crippen MR) is 118 cm³/mol. The molecule has 0 aliphatic rings. The lowest BCUT2D eigenvalue weighted by Gasteiger charge is -2.13. The second-order valence-corrected chi connectivity index (χ2v) is 8.20. The molecule has 3 rings (SSSR count). The summed E-state index contributed by atoms with van der Waals surface area (Å²) in [5.41, 5.74) is 4.97. The number of pyridine rings is 1. The van der Waals surface area contributed by atoms with E-state index in [-0.39, 0.29) is 11.9 Å². The smallest absolute Gasteiger partial charge is 0.127 e. The SMILES string of the molecule is Cc1ccc(O)c(-c2cc(-c3sccc3C)cc(NCCCOC(C)C)n2)c1. The van der Waals surface area contributed by atoms with Gasteiger partial charge in [0.25, 0.3) is 0 Å². The molecular formula is C23H28N2O2S. The molecule has 1 aromatic carbocycles. The number of rotatable bonds is 8. The van der Waals surface area contributed by atoms with E-state index in [0.29, 0.717) is 0 Å². The van der Waals surface area contributed by atoms with Crippen LogP contribution >= 0.6 is 11.3 Å². The molecule has 4 nitrogen and oxygen atoms in total. The molecule has 2 heterocycles. The third-order valence-electron chi connectivity index (χ3n) is 4.46. The molecular weight excluding hydrogens is 368 g/mol. The van der Waals surface area contributed by atoms with Crippen LogP contribution in [-0.4, -0.2) is 29.3 Å². The zero-order valence-electron chi connectivity index (χ0n) is 17.0. The normalized spacial score (nSPS) is 11.2. The van der Waals surface area contributed by atoms with Crippen LogP contribution in [0, 0.1) is 13.8 Å². The lowest BCUT2D eigenvalue weighted by Crippen LogP contribution is -2.10. The van der Waals surface area contributed by atoms with E-state index < -0.39 is 0 Å². The van der Waals surface area contributed by atoms with Gasteiger partial charge in [0.15, 0.2) is 0 Å². The van der Waals surface area contributed by atoms with Gasteiger partial charge in [-0.05, 0) is 81.0 Å². The highest BCUT2D eigenvalue weighted by atomic mass is 32.1. The average molecular weight is 397 g/mol. The first-order valence-electron chi connectivity index (χ1n) is 9.66. The molecule has 0 aliphatic heterocycles. The fourth-order valence-corrected chi connectivity index (χ4v) is 3.94. The van der Waals surface area contributed by atoms with Gasteiger partial charge in [0.05, 0.1) is 11.8 Å². The van der Waals surface area contributed by atoms with Gasteiger partial charge in [0, 0.05) is 23.6 Å². The summed E-state index contributed by atoms with van der Waals surface area (Å²) in [6.07, 6.45) is 1.16. The highest BCUT2D eigenvalue weighted by Crippen LogP contribution is 2.36. The molecule has 3 aromatic rings. The Labute approximate surface area is 171 Å². The molecule has 0 bridgehead atoms. The number of phenols is 1. The minimum atomic E-state index is 0.245. The van der Waals surface area contributed by atoms with Gasteiger partial charge in [-0.3, -0.25) is 0 Å². The Balaban J connectivity index is 1.91. The van der Waals surface area contributed by atoms with E-state index in [1.54, 1.807) is 17.4 Å². The molecule has 2 N–H and O–H groups in total. The number of hydrogen-bond donors (Lipinski definition) is 2. The number of aromatic nitrogens is 1. The Morgan fingerprint density at radius 3 is 2.68 bits per heavy atom. The highest BCUT2D eigenvalue weighted by Gasteiger charge is 2.12. The maximum atomic E-state index is 10.4. The van der Waals surface area contributed by atoms with E-state index in [0.717, 1.165) is 47.8 Å². The quantitative estimate of drug-likeness (QED) is 0.457. The monoisotopic (exact) mass is 396 g/mol. The summed E-state index contributed by atoms with van der Waals surface area (Å²) in [4.78, 5) is 5.99. The summed E-state index contributed by atoms with van der Waals surface area (Å²) < 4.78 is 5.61. The number of hydrogen-bond acceptors (Lipinski definition) is 5. The first kappa shape index (κ1) is 20.4. The van der Waals surface area contributed by atoms with E-state index in [9.17, 15) is 5.11 Å². The zero-order valence-corrected chi connectivity index (χ0v) is 17.8. The van der Waals surface area contributed by atoms with Crippen LogP contribution in [-0.2, 0) is 4.74 Å². The Morgan fingerprint density at radius 2 is 1.96 bits per heavy atom. The lowest BCUT2D eigenvalue weighted by molar-refractivity contribution is 0.0787. The molecule has 28 heavy (non-hydrogen) atoms. The maximum absolute atomic E-state index is 10.4. The van der Waals surface area contributed by atoms with Crippen molar-refractivity contribution in [2.45, 2.75) is 40.2 Å². The second-order valence-electron chi connectivity index (χ2n) is 7.28. The number of nitrogens with one attached hydrogen (secondary N) is 1. The van der Waals surface area contributed by atoms with Crippen molar-refractivity contribution in [3.8, 4) is 27.4 Å². The molecule has 0 radical (unpaired) electrons. The number of aromatic hydroxyl groups is 1. The van der Waals surface area contributed by atoms with Crippen molar-refractivity contribution in [3.63, 3.8) is 0 Å². The highest BCUT2D eigenvalue weighted by molar-refractivity contribution is 7.13. The van der Waals surface area contributed by atoms with Crippen LogP contribution in [0.5, 0.6) is 5.75 Å². The van der Waals surface area contributed by atoms with E-state index >= 15 is 0 Å². The zero-order chi connectivity index (χ0) is 20.1. The minimum Gasteiger partial charge on any atom is -0.507 e. The number of thiophene rings is 1. The van der Waals surface area contributed by atoms with Crippen LogP contribution in [0.15, 0.2) is 41.8 Å². The minimum absolute atomic E-state index is 0.245. The van der Waals surface area contributed by atoms with E-state index in [4.69, 9.17) is 9.72 Å². The van der Waals surface area contributed by atoms with Crippen molar-refractivity contribution in [1.29, 1.82) is 0 Å². The van der Waals surface area contributed by atoms with Crippen LogP contribution in [0.3, 0.4) is 0 Å². The lowest BCUT2D eigenvalue weighted by atomic mass is 10.0. The molecule has 0 saturated heterocycles. The molecule has 0 amide bonds. The third-order valence-corrected chi connectivity index (χ3v) is 5.52. The topological polar surface area (TPSA) is 54.4 Å². The summed E-state index contributed by atoms with van der Waals surface area (Å²) >= 11 is 1.72. The molecule has 2 aromatic heterocycles. The molecule has 0 fully saturated rings. The van der Waals surface area contributed by atoms with Gasteiger partial charge in [0.1, 0.15) is 11.6 Å². The first-order valence-corrected chi connectivity index (χ1v) is 10.5. The van der Waals surface area contributed by atoms with Gasteiger partial charge < -0.3 is 15.2 Å². The van der Waals surface area contributed by atoms with E-state index in [1.807, 2.05) is 32.9 Å². The fraction of sp³-hybridized carbons (Fsp3) is 0.348. The third kappa shape index (κ3) is 5.12. The van der Waals surface area contributed by atoms with Crippen molar-refractivity contribution < 1.29 is 9.84 Å². The van der Waals surface area contributed by atoms with Crippen molar-refractivity contribution in [1.82, 2.24) is 4.98 Å². The molecule has 0 atom stereocenters. The van der Waals surface area contributed by atoms with Gasteiger partial charge in [-0.1, -0.05) is 11.6 Å². The summed E-state index contributed by atoms with van der Waals surface area (Å²) in [7, 11) is 0. The summed E-state index contributed by atoms with van der Waals surface area (Å²) in [5.74, 6) is 1.06. The Bertz CT molecular complexity index is 934. The van der Waals surface area contributed by atoms with Crippen LogP contribution in [0.25, 0.3) is 21.7 Å². The molecule has 148 valence electrons. The van der Waals surface area contributed by atoms with Gasteiger partial charge in [-0.25, -0.2) is 4.98 Å². The fourth-order valence-electron chi connectivity index (χ4n) is 3.02. The number of ether oxygens (including phenoxy) is 1. The summed E-state index contributed by atoms with van der Waals surface area (Å²) in [6, 6.07) is 11.9. The maximum Gasteiger partial charge on any atom is 0.127 e. The van der Waals surface area contributed by atoms with Crippen molar-refractivity contribution in [3.05, 3.63) is 52.9 Å². The predicted octanol–water partition coefficient (Wildman–Crippen LogP) is 6.03. The Morgan fingerprint density at radius 1 is 1.14 bits per heavy atom. The Kier molecular flexibility index (Phi) is 6.70. The van der Waals surface area contributed by atoms with Gasteiger partial charge >= 0.3 is 0 Å². The van der Waals surface area contributed by atoms with Crippen molar-refractivity contribution in [2.75, 3.05) is 18.5 Å². The standard InChI is InChI=1S/C23H28N2O2S/c1-15(2)27-10-5-9-24-22-14-18(23-17(4)8-11-28-23)13-20(25-22)19-12-16(3)6-7-21(19)26/h6-8,11-15,26H,5,9-10H2,1-4H3,(H,24,25). The van der Waals surface area contributed by atoms with Crippen molar-refractivity contribution in [2.24, 2.45) is 0 Å². The first-order chi connectivity index (χ1) is 13.4. The van der Waals surface area contributed by atoms with Gasteiger partial charge in [0.2, 0.25) is 0 Å². The van der Waals surface area contributed by atoms with Gasteiger partial charge in [-0.2, -0.15) is 0 Å². The Hall–Kier alpha value is -2.37. The number of benzene rings is 1. The number of phenolic OH excluding ortho intramolecular Hbond substituents is 1. The summed E-state index contributed by atoms with van der Waals surface area (Å²) in [5, 5.41) is 15.9. The number of anilines is 1. The molecule has 5 heteroatoms. The molecule has 0 aliphatic carbocycles. The number of nitrogens with zero attached hydrogens (tertiary/aromatic N) is 1. The van der Waals surface area contributed by atoms with E-state index in [1.165, 1.54) is 10.4 Å². The molecule has 0 saturated carbocycles. The van der Waals surface area contributed by atoms with Crippen LogP contribution < -0.4 is 5.32 Å². The van der Waals surface area contributed by atoms with Gasteiger partial charge in [-0.15, -0.1) is 11.3 Å². The second kappa shape index (κ2) is 9.22. The van der Waals surface area contributed by atoms with Crippen LogP contribution in [0.2, 0.25) is 0 Å². The van der Waals surface area contributed by atoms with Crippen molar-refractivity contribution >= 4 is 17.2 Å². The van der Waals surface area contributed by atoms with E-state index in [2.05, 4.69) is 35.8 Å². The van der Waals surface area contributed by atoms with Crippen LogP contribution in [0.1, 0.15) is 31.4 Å². The summed E-state index contributed by atoms with van der Waals surface area (Å²) in [6.45, 7) is 9.73. The largest absolute Gasteiger partial charge is 0.507 e. The molecule has 0 unspecified atom stereocenters. The number of aryl methyl sites for hydroxylation is 2. The molecule has 0 spiro atoms. The average Bonchev–Trinajstić information content (AvgIpc) is 3.09.